The molecular formula is C14H13Cl2N. The van der Waals surface area contributed by atoms with E-state index < -0.39 is 0 Å². The highest BCUT2D eigenvalue weighted by Crippen LogP contribution is 2.24. The monoisotopic (exact) mass is 265 g/mol. The van der Waals surface area contributed by atoms with Gasteiger partial charge in [-0.05, 0) is 30.2 Å². The number of hydrogen-bond acceptors (Lipinski definition) is 1. The summed E-state index contributed by atoms with van der Waals surface area (Å²) in [4.78, 5) is 4.35. The van der Waals surface area contributed by atoms with Gasteiger partial charge in [-0.15, -0.1) is 0 Å². The predicted molar refractivity (Wildman–Crippen MR) is 75.6 cm³/mol. The van der Waals surface area contributed by atoms with Crippen molar-refractivity contribution in [1.29, 1.82) is 0 Å². The molecule has 0 atom stereocenters. The Balaban J connectivity index is 2.53. The lowest BCUT2D eigenvalue weighted by Gasteiger charge is -2.03. The maximum absolute atomic E-state index is 6.13. The lowest BCUT2D eigenvalue weighted by molar-refractivity contribution is 0.836. The van der Waals surface area contributed by atoms with Crippen molar-refractivity contribution in [2.24, 2.45) is 5.92 Å². The van der Waals surface area contributed by atoms with Gasteiger partial charge in [0, 0.05) is 16.0 Å². The van der Waals surface area contributed by atoms with E-state index in [0.29, 0.717) is 16.1 Å². The van der Waals surface area contributed by atoms with Gasteiger partial charge in [0.05, 0.1) is 5.52 Å². The van der Waals surface area contributed by atoms with Crippen LogP contribution in [0, 0.1) is 5.92 Å². The first-order valence-electron chi connectivity index (χ1n) is 5.50. The second kappa shape index (κ2) is 5.07. The molecule has 1 heterocycles. The van der Waals surface area contributed by atoms with Gasteiger partial charge in [-0.2, -0.15) is 0 Å². The van der Waals surface area contributed by atoms with Crippen molar-refractivity contribution in [3.63, 3.8) is 0 Å². The van der Waals surface area contributed by atoms with Gasteiger partial charge in [0.15, 0.2) is 0 Å². The minimum atomic E-state index is 0.487. The predicted octanol–water partition coefficient (Wildman–Crippen LogP) is 5.21. The number of allylic oxidation sites excluding steroid dienone is 1. The zero-order chi connectivity index (χ0) is 12.4. The summed E-state index contributed by atoms with van der Waals surface area (Å²) in [7, 11) is 0. The maximum Gasteiger partial charge on any atom is 0.136 e. The highest BCUT2D eigenvalue weighted by molar-refractivity contribution is 6.32. The van der Waals surface area contributed by atoms with Crippen molar-refractivity contribution in [3.8, 4) is 0 Å². The smallest absolute Gasteiger partial charge is 0.136 e. The highest BCUT2D eigenvalue weighted by Gasteiger charge is 2.03. The summed E-state index contributed by atoms with van der Waals surface area (Å²) in [6.45, 7) is 4.24. The topological polar surface area (TPSA) is 12.9 Å². The molecule has 1 aromatic carbocycles. The fourth-order valence-electron chi connectivity index (χ4n) is 1.55. The van der Waals surface area contributed by atoms with Gasteiger partial charge in [0.25, 0.3) is 0 Å². The zero-order valence-electron chi connectivity index (χ0n) is 9.74. The van der Waals surface area contributed by atoms with Gasteiger partial charge in [-0.25, -0.2) is 4.98 Å². The van der Waals surface area contributed by atoms with Crippen molar-refractivity contribution in [2.75, 3.05) is 0 Å². The van der Waals surface area contributed by atoms with Gasteiger partial charge in [-0.3, -0.25) is 0 Å². The van der Waals surface area contributed by atoms with Gasteiger partial charge in [0.2, 0.25) is 0 Å². The maximum atomic E-state index is 6.13. The number of fused-ring (bicyclic) bond motifs is 1. The van der Waals surface area contributed by atoms with Crippen LogP contribution in [0.4, 0.5) is 0 Å². The summed E-state index contributed by atoms with van der Waals surface area (Å²) in [6.07, 6.45) is 4.10. The first kappa shape index (κ1) is 12.4. The molecule has 0 bridgehead atoms. The van der Waals surface area contributed by atoms with Gasteiger partial charge in [-0.1, -0.05) is 49.2 Å². The zero-order valence-corrected chi connectivity index (χ0v) is 11.3. The molecule has 0 saturated carbocycles. The van der Waals surface area contributed by atoms with E-state index in [1.807, 2.05) is 30.3 Å². The molecule has 3 heteroatoms. The lowest BCUT2D eigenvalue weighted by atomic mass is 10.1. The molecule has 2 rings (SSSR count). The van der Waals surface area contributed by atoms with Crippen molar-refractivity contribution in [2.45, 2.75) is 13.8 Å². The van der Waals surface area contributed by atoms with Crippen molar-refractivity contribution in [1.82, 2.24) is 4.98 Å². The fourth-order valence-corrected chi connectivity index (χ4v) is 1.94. The number of halogens is 2. The van der Waals surface area contributed by atoms with Crippen LogP contribution in [-0.4, -0.2) is 4.98 Å². The van der Waals surface area contributed by atoms with E-state index in [9.17, 15) is 0 Å². The minimum Gasteiger partial charge on any atom is -0.235 e. The summed E-state index contributed by atoms with van der Waals surface area (Å²) in [6, 6.07) is 7.60. The van der Waals surface area contributed by atoms with E-state index in [1.54, 1.807) is 0 Å². The first-order valence-corrected chi connectivity index (χ1v) is 6.26. The van der Waals surface area contributed by atoms with Crippen LogP contribution >= 0.6 is 23.2 Å². The Morgan fingerprint density at radius 1 is 1.18 bits per heavy atom. The van der Waals surface area contributed by atoms with Gasteiger partial charge in [0.1, 0.15) is 5.15 Å². The van der Waals surface area contributed by atoms with Crippen molar-refractivity contribution < 1.29 is 0 Å². The molecule has 0 saturated heterocycles. The molecule has 0 amide bonds. The summed E-state index contributed by atoms with van der Waals surface area (Å²) >= 11 is 12.1. The third-order valence-corrected chi connectivity index (χ3v) is 2.96. The van der Waals surface area contributed by atoms with Crippen molar-refractivity contribution in [3.05, 3.63) is 46.1 Å². The van der Waals surface area contributed by atoms with Crippen LogP contribution in [0.3, 0.4) is 0 Å². The number of benzene rings is 1. The Hall–Kier alpha value is -1.05. The fraction of sp³-hybridized carbons (Fsp3) is 0.214. The summed E-state index contributed by atoms with van der Waals surface area (Å²) in [5.41, 5.74) is 1.79. The highest BCUT2D eigenvalue weighted by atomic mass is 35.5. The summed E-state index contributed by atoms with van der Waals surface area (Å²) < 4.78 is 0. The summed E-state index contributed by atoms with van der Waals surface area (Å²) in [5, 5.41) is 2.24. The average Bonchev–Trinajstić information content (AvgIpc) is 2.26. The molecule has 2 aromatic rings. The number of pyridine rings is 1. The number of aromatic nitrogens is 1. The first-order chi connectivity index (χ1) is 8.06. The Morgan fingerprint density at radius 2 is 1.94 bits per heavy atom. The Morgan fingerprint density at radius 3 is 2.65 bits per heavy atom. The molecule has 1 nitrogen and oxygen atoms in total. The number of hydrogen-bond donors (Lipinski definition) is 0. The molecule has 0 unspecified atom stereocenters. The lowest BCUT2D eigenvalue weighted by Crippen LogP contribution is -1.85. The normalized spacial score (nSPS) is 11.8. The van der Waals surface area contributed by atoms with Crippen LogP contribution in [0.5, 0.6) is 0 Å². The molecule has 0 aliphatic rings. The minimum absolute atomic E-state index is 0.487. The molecule has 1 aromatic heterocycles. The molecule has 0 aliphatic heterocycles. The quantitative estimate of drug-likeness (QED) is 0.680. The molecule has 0 spiro atoms. The van der Waals surface area contributed by atoms with Crippen LogP contribution in [0.2, 0.25) is 10.2 Å². The second-order valence-electron chi connectivity index (χ2n) is 4.31. The molecule has 17 heavy (non-hydrogen) atoms. The van der Waals surface area contributed by atoms with Gasteiger partial charge < -0.3 is 0 Å². The third-order valence-electron chi connectivity index (χ3n) is 2.42. The molecule has 0 radical (unpaired) electrons. The van der Waals surface area contributed by atoms with E-state index in [4.69, 9.17) is 23.2 Å². The standard InChI is InChI=1S/C14H13Cl2N/c1-9(2)3-4-10-7-11-8-12(15)5-6-13(11)17-14(10)16/h3-9H,1-2H3. The molecular weight excluding hydrogens is 253 g/mol. The Kier molecular flexibility index (Phi) is 3.70. The van der Waals surface area contributed by atoms with Gasteiger partial charge >= 0.3 is 0 Å². The summed E-state index contributed by atoms with van der Waals surface area (Å²) in [5.74, 6) is 0.487. The van der Waals surface area contributed by atoms with Crippen LogP contribution in [0.15, 0.2) is 30.3 Å². The third kappa shape index (κ3) is 2.99. The number of rotatable bonds is 2. The largest absolute Gasteiger partial charge is 0.235 e. The van der Waals surface area contributed by atoms with E-state index in [0.717, 1.165) is 16.5 Å². The Bertz CT molecular complexity index is 574. The van der Waals surface area contributed by atoms with E-state index in [1.165, 1.54) is 0 Å². The SMILES string of the molecule is CC(C)C=Cc1cc2cc(Cl)ccc2nc1Cl. The Labute approximate surface area is 111 Å². The number of nitrogens with zero attached hydrogens (tertiary/aromatic N) is 1. The molecule has 0 fully saturated rings. The van der Waals surface area contributed by atoms with Crippen LogP contribution in [0.1, 0.15) is 19.4 Å². The molecule has 88 valence electrons. The average molecular weight is 266 g/mol. The van der Waals surface area contributed by atoms with Crippen molar-refractivity contribution >= 4 is 40.2 Å². The van der Waals surface area contributed by atoms with E-state index in [-0.39, 0.29) is 0 Å². The van der Waals surface area contributed by atoms with E-state index >= 15 is 0 Å². The second-order valence-corrected chi connectivity index (χ2v) is 5.10. The van der Waals surface area contributed by atoms with Crippen LogP contribution in [0.25, 0.3) is 17.0 Å². The van der Waals surface area contributed by atoms with Crippen LogP contribution in [-0.2, 0) is 0 Å². The molecule has 0 aliphatic carbocycles. The molecule has 0 N–H and O–H groups in total. The van der Waals surface area contributed by atoms with Crippen LogP contribution < -0.4 is 0 Å². The van der Waals surface area contributed by atoms with E-state index in [2.05, 4.69) is 24.9 Å².